The summed E-state index contributed by atoms with van der Waals surface area (Å²) in [5.74, 6) is -1.01. The second-order valence-corrected chi connectivity index (χ2v) is 5.79. The summed E-state index contributed by atoms with van der Waals surface area (Å²) >= 11 is 0. The number of amides is 2. The third-order valence-corrected chi connectivity index (χ3v) is 3.69. The summed E-state index contributed by atoms with van der Waals surface area (Å²) in [6.07, 6.45) is 2.65. The van der Waals surface area contributed by atoms with Gasteiger partial charge in [0, 0.05) is 17.3 Å². The van der Waals surface area contributed by atoms with Gasteiger partial charge in [0.05, 0.1) is 7.11 Å². The van der Waals surface area contributed by atoms with Crippen molar-refractivity contribution in [1.82, 2.24) is 0 Å². The van der Waals surface area contributed by atoms with Crippen molar-refractivity contribution in [2.24, 2.45) is 5.73 Å². The number of ether oxygens (including phenoxy) is 3. The van der Waals surface area contributed by atoms with E-state index in [-0.39, 0.29) is 6.61 Å². The Hall–Kier alpha value is -4.32. The van der Waals surface area contributed by atoms with E-state index in [0.717, 1.165) is 0 Å². The van der Waals surface area contributed by atoms with Gasteiger partial charge < -0.3 is 25.3 Å². The summed E-state index contributed by atoms with van der Waals surface area (Å²) in [6.45, 7) is -0.597. The van der Waals surface area contributed by atoms with E-state index < -0.39 is 24.4 Å². The minimum Gasteiger partial charge on any atom is -0.493 e. The fourth-order valence-corrected chi connectivity index (χ4v) is 2.28. The lowest BCUT2D eigenvalue weighted by molar-refractivity contribution is -0.142. The fraction of sp³-hybridized carbons (Fsp3) is 0.143. The number of rotatable bonds is 9. The molecule has 9 nitrogen and oxygen atoms in total. The van der Waals surface area contributed by atoms with Crippen molar-refractivity contribution in [3.05, 3.63) is 59.7 Å². The molecule has 0 spiro atoms. The number of hydrogen-bond donors (Lipinski definition) is 2. The monoisotopic (exact) mass is 409 g/mol. The number of nitriles is 1. The molecule has 0 saturated carbocycles. The lowest BCUT2D eigenvalue weighted by Crippen LogP contribution is -2.20. The van der Waals surface area contributed by atoms with E-state index in [1.165, 1.54) is 43.5 Å². The first-order chi connectivity index (χ1) is 14.4. The molecular formula is C21H19N3O6. The molecule has 2 amide bonds. The maximum atomic E-state index is 11.9. The highest BCUT2D eigenvalue weighted by Crippen LogP contribution is 2.28. The Morgan fingerprint density at radius 2 is 1.87 bits per heavy atom. The molecule has 9 heteroatoms. The van der Waals surface area contributed by atoms with Crippen LogP contribution in [-0.4, -0.2) is 38.1 Å². The predicted molar refractivity (Wildman–Crippen MR) is 108 cm³/mol. The third kappa shape index (κ3) is 6.69. The Morgan fingerprint density at radius 3 is 2.50 bits per heavy atom. The lowest BCUT2D eigenvalue weighted by Gasteiger charge is -2.08. The minimum absolute atomic E-state index is 0.116. The molecule has 3 N–H and O–H groups in total. The molecular weight excluding hydrogens is 390 g/mol. The Balaban J connectivity index is 1.86. The minimum atomic E-state index is -0.710. The maximum Gasteiger partial charge on any atom is 0.331 e. The van der Waals surface area contributed by atoms with E-state index in [2.05, 4.69) is 5.32 Å². The van der Waals surface area contributed by atoms with Crippen LogP contribution in [0.2, 0.25) is 0 Å². The second-order valence-electron chi connectivity index (χ2n) is 5.79. The Kier molecular flexibility index (Phi) is 7.96. The molecule has 0 heterocycles. The lowest BCUT2D eigenvalue weighted by atomic mass is 10.2. The molecule has 0 unspecified atom stereocenters. The van der Waals surface area contributed by atoms with Crippen LogP contribution in [0.4, 0.5) is 5.69 Å². The number of carbonyl (C=O) groups excluding carboxylic acids is 3. The number of esters is 1. The van der Waals surface area contributed by atoms with Crippen molar-refractivity contribution in [1.29, 1.82) is 5.26 Å². The first kappa shape index (κ1) is 22.0. The Morgan fingerprint density at radius 1 is 1.13 bits per heavy atom. The average Bonchev–Trinajstić information content (AvgIpc) is 2.75. The quantitative estimate of drug-likeness (QED) is 0.476. The van der Waals surface area contributed by atoms with Crippen LogP contribution in [-0.2, 0) is 14.3 Å². The molecule has 30 heavy (non-hydrogen) atoms. The fourth-order valence-electron chi connectivity index (χ4n) is 2.28. The highest BCUT2D eigenvalue weighted by atomic mass is 16.5. The number of benzene rings is 2. The van der Waals surface area contributed by atoms with Gasteiger partial charge in [-0.3, -0.25) is 9.59 Å². The molecule has 0 saturated heterocycles. The Bertz CT molecular complexity index is 993. The van der Waals surface area contributed by atoms with Crippen LogP contribution >= 0.6 is 0 Å². The normalized spacial score (nSPS) is 10.1. The zero-order valence-corrected chi connectivity index (χ0v) is 16.1. The maximum absolute atomic E-state index is 11.9. The van der Waals surface area contributed by atoms with Crippen molar-refractivity contribution < 1.29 is 28.6 Å². The number of nitrogens with zero attached hydrogens (tertiary/aromatic N) is 1. The first-order valence-electron chi connectivity index (χ1n) is 8.65. The summed E-state index contributed by atoms with van der Waals surface area (Å²) in [6, 6.07) is 12.7. The van der Waals surface area contributed by atoms with Gasteiger partial charge in [-0.15, -0.1) is 0 Å². The molecule has 154 valence electrons. The van der Waals surface area contributed by atoms with Crippen LogP contribution in [0.1, 0.15) is 15.9 Å². The molecule has 0 radical (unpaired) electrons. The van der Waals surface area contributed by atoms with Gasteiger partial charge in [0.1, 0.15) is 6.07 Å². The molecule has 0 bridgehead atoms. The van der Waals surface area contributed by atoms with Crippen LogP contribution in [0.5, 0.6) is 11.5 Å². The topological polar surface area (TPSA) is 141 Å². The van der Waals surface area contributed by atoms with Gasteiger partial charge in [0.2, 0.25) is 5.91 Å². The summed E-state index contributed by atoms with van der Waals surface area (Å²) in [5, 5.41) is 11.1. The van der Waals surface area contributed by atoms with Gasteiger partial charge in [-0.1, -0.05) is 6.07 Å². The standard InChI is InChI=1S/C21H19N3O6/c1-28-18-12-14(2-8-17(18)29-11-10-22)3-9-20(26)30-13-19(25)24-16-6-4-15(5-7-16)21(23)27/h2-9,12H,11,13H2,1H3,(H2,23,27)(H,24,25)/b9-3+. The largest absolute Gasteiger partial charge is 0.493 e. The van der Waals surface area contributed by atoms with E-state index in [1.54, 1.807) is 18.2 Å². The van der Waals surface area contributed by atoms with Gasteiger partial charge in [-0.05, 0) is 48.0 Å². The second kappa shape index (κ2) is 10.9. The van der Waals surface area contributed by atoms with Gasteiger partial charge in [-0.2, -0.15) is 5.26 Å². The van der Waals surface area contributed by atoms with Crippen molar-refractivity contribution in [2.45, 2.75) is 0 Å². The molecule has 0 atom stereocenters. The summed E-state index contributed by atoms with van der Waals surface area (Å²) in [7, 11) is 1.45. The van der Waals surface area contributed by atoms with Gasteiger partial charge in [-0.25, -0.2) is 4.79 Å². The van der Waals surface area contributed by atoms with E-state index in [0.29, 0.717) is 28.3 Å². The van der Waals surface area contributed by atoms with Crippen molar-refractivity contribution in [3.63, 3.8) is 0 Å². The van der Waals surface area contributed by atoms with Crippen molar-refractivity contribution in [2.75, 3.05) is 25.6 Å². The zero-order valence-electron chi connectivity index (χ0n) is 16.1. The number of nitrogens with two attached hydrogens (primary N) is 1. The first-order valence-corrected chi connectivity index (χ1v) is 8.65. The van der Waals surface area contributed by atoms with Crippen LogP contribution in [0, 0.1) is 11.3 Å². The average molecular weight is 409 g/mol. The molecule has 0 aliphatic carbocycles. The predicted octanol–water partition coefficient (Wildman–Crippen LogP) is 1.89. The highest BCUT2D eigenvalue weighted by Gasteiger charge is 2.08. The molecule has 0 fully saturated rings. The number of carbonyl (C=O) groups is 3. The highest BCUT2D eigenvalue weighted by molar-refractivity contribution is 5.96. The van der Waals surface area contributed by atoms with E-state index in [9.17, 15) is 14.4 Å². The van der Waals surface area contributed by atoms with Crippen LogP contribution in [0.15, 0.2) is 48.5 Å². The number of methoxy groups -OCH3 is 1. The number of anilines is 1. The molecule has 2 aromatic rings. The molecule has 2 aromatic carbocycles. The van der Waals surface area contributed by atoms with Crippen molar-refractivity contribution >= 4 is 29.5 Å². The Labute approximate surface area is 172 Å². The van der Waals surface area contributed by atoms with E-state index in [4.69, 9.17) is 25.2 Å². The van der Waals surface area contributed by atoms with Gasteiger partial charge in [0.25, 0.3) is 5.91 Å². The van der Waals surface area contributed by atoms with E-state index >= 15 is 0 Å². The van der Waals surface area contributed by atoms with Crippen LogP contribution in [0.3, 0.4) is 0 Å². The molecule has 0 aliphatic heterocycles. The number of hydrogen-bond acceptors (Lipinski definition) is 7. The van der Waals surface area contributed by atoms with E-state index in [1.807, 2.05) is 6.07 Å². The zero-order chi connectivity index (χ0) is 21.9. The van der Waals surface area contributed by atoms with Crippen molar-refractivity contribution in [3.8, 4) is 17.6 Å². The van der Waals surface area contributed by atoms with Crippen LogP contribution < -0.4 is 20.5 Å². The molecule has 2 rings (SSSR count). The van der Waals surface area contributed by atoms with Crippen LogP contribution in [0.25, 0.3) is 6.08 Å². The number of primary amides is 1. The summed E-state index contributed by atoms with van der Waals surface area (Å²) in [4.78, 5) is 34.7. The third-order valence-electron chi connectivity index (χ3n) is 3.69. The van der Waals surface area contributed by atoms with Gasteiger partial charge >= 0.3 is 5.97 Å². The molecule has 0 aliphatic rings. The smallest absolute Gasteiger partial charge is 0.331 e. The SMILES string of the molecule is COc1cc(/C=C/C(=O)OCC(=O)Nc2ccc(C(N)=O)cc2)ccc1OCC#N. The number of nitrogens with one attached hydrogen (secondary N) is 1. The molecule has 0 aromatic heterocycles. The van der Waals surface area contributed by atoms with Gasteiger partial charge in [0.15, 0.2) is 24.7 Å². The summed E-state index contributed by atoms with van der Waals surface area (Å²) < 4.78 is 15.3. The summed E-state index contributed by atoms with van der Waals surface area (Å²) in [5.41, 5.74) is 6.52.